The molecule has 6 heteroatoms. The van der Waals surface area contributed by atoms with Crippen molar-refractivity contribution in [3.63, 3.8) is 0 Å². The van der Waals surface area contributed by atoms with Crippen molar-refractivity contribution in [3.8, 4) is 0 Å². The van der Waals surface area contributed by atoms with Gasteiger partial charge in [-0.25, -0.2) is 0 Å². The molecule has 0 rings (SSSR count). The van der Waals surface area contributed by atoms with Crippen LogP contribution in [0.4, 0.5) is 0 Å². The van der Waals surface area contributed by atoms with Gasteiger partial charge < -0.3 is 10.2 Å². The highest BCUT2D eigenvalue weighted by Gasteiger charge is 1.78. The van der Waals surface area contributed by atoms with Crippen molar-refractivity contribution in [1.82, 2.24) is 0 Å². The van der Waals surface area contributed by atoms with Crippen molar-refractivity contribution in [3.05, 3.63) is 0 Å². The number of hydrogen-bond acceptors (Lipinski definition) is 2. The maximum Gasteiger partial charge on any atom is 0.300 e. The highest BCUT2D eigenvalue weighted by molar-refractivity contribution is 6.63. The minimum atomic E-state index is -0.833. The van der Waals surface area contributed by atoms with Crippen molar-refractivity contribution >= 4 is 40.8 Å². The van der Waals surface area contributed by atoms with Gasteiger partial charge in [0.25, 0.3) is 5.97 Å². The van der Waals surface area contributed by atoms with Crippen molar-refractivity contribution in [2.24, 2.45) is 0 Å². The van der Waals surface area contributed by atoms with Gasteiger partial charge in [0.1, 0.15) is 0 Å². The number of hydrogen-bond donors (Lipinski definition) is 2. The van der Waals surface area contributed by atoms with E-state index in [2.05, 4.69) is 0 Å². The van der Waals surface area contributed by atoms with Crippen LogP contribution < -0.4 is 0 Å². The topological polar surface area (TPSA) is 57.5 Å². The predicted octanol–water partition coefficient (Wildman–Crippen LogP) is 2.08. The smallest absolute Gasteiger partial charge is 0.300 e. The number of carboxylic acid groups (broad SMARTS) is 1. The second-order valence-electron chi connectivity index (χ2n) is 1.08. The number of rotatable bonds is 0. The third kappa shape index (κ3) is 7880. The molecule has 0 bridgehead atoms. The van der Waals surface area contributed by atoms with E-state index in [1.165, 1.54) is 0 Å². The summed E-state index contributed by atoms with van der Waals surface area (Å²) in [7, 11) is 0. The minimum Gasteiger partial charge on any atom is -0.481 e. The third-order valence-electron chi connectivity index (χ3n) is 0. The number of alkyl halides is 3. The molecule has 0 saturated heterocycles. The van der Waals surface area contributed by atoms with E-state index in [1.807, 2.05) is 0 Å². The van der Waals surface area contributed by atoms with E-state index in [9.17, 15) is 0 Å². The zero-order valence-electron chi connectivity index (χ0n) is 6.22. The molecule has 0 aliphatic rings. The summed E-state index contributed by atoms with van der Waals surface area (Å²) in [4.78, 5) is 9.00. The van der Waals surface area contributed by atoms with Gasteiger partial charge in [-0.1, -0.05) is 34.8 Å². The predicted molar refractivity (Wildman–Crippen MR) is 47.4 cm³/mol. The molecule has 0 saturated carbocycles. The van der Waals surface area contributed by atoms with Gasteiger partial charge in [-0.2, -0.15) is 0 Å². The molecule has 0 aliphatic carbocycles. The number of halogens is 3. The molecule has 0 aromatic heterocycles. The van der Waals surface area contributed by atoms with Gasteiger partial charge in [0, 0.05) is 13.5 Å². The molecule has 0 aromatic carbocycles. The Morgan fingerprint density at radius 2 is 1.45 bits per heavy atom. The van der Waals surface area contributed by atoms with E-state index >= 15 is 0 Å². The fourth-order valence-electron chi connectivity index (χ4n) is 0. The van der Waals surface area contributed by atoms with Crippen molar-refractivity contribution in [2.75, 3.05) is 6.61 Å². The molecule has 0 heterocycles. The molecule has 0 radical (unpaired) electrons. The van der Waals surface area contributed by atoms with Gasteiger partial charge in [-0.3, -0.25) is 4.79 Å². The normalized spacial score (nSPS) is 7.18. The zero-order valence-corrected chi connectivity index (χ0v) is 8.49. The molecular weight excluding hydrogens is 214 g/mol. The first-order valence-corrected chi connectivity index (χ1v) is 3.92. The summed E-state index contributed by atoms with van der Waals surface area (Å²) < 4.78 is -0.750. The average Bonchev–Trinajstić information content (AvgIpc) is 1.60. The van der Waals surface area contributed by atoms with Gasteiger partial charge in [-0.15, -0.1) is 0 Å². The summed E-state index contributed by atoms with van der Waals surface area (Å²) in [6, 6.07) is 0. The quantitative estimate of drug-likeness (QED) is 0.621. The van der Waals surface area contributed by atoms with E-state index in [0.717, 1.165) is 6.92 Å². The van der Waals surface area contributed by atoms with Gasteiger partial charge in [0.15, 0.2) is 4.30 Å². The molecule has 0 aliphatic heterocycles. The first kappa shape index (κ1) is 17.4. The van der Waals surface area contributed by atoms with Gasteiger partial charge >= 0.3 is 0 Å². The lowest BCUT2D eigenvalue weighted by Gasteiger charge is -1.69. The van der Waals surface area contributed by atoms with E-state index in [-0.39, 0.29) is 6.61 Å². The van der Waals surface area contributed by atoms with E-state index in [0.29, 0.717) is 0 Å². The number of aliphatic carboxylic acids is 1. The summed E-state index contributed by atoms with van der Waals surface area (Å²) >= 11 is 14.4. The molecular formula is C5H11Cl3O3. The fraction of sp³-hybridized carbons (Fsp3) is 0.800. The van der Waals surface area contributed by atoms with Crippen LogP contribution in [0.1, 0.15) is 13.8 Å². The summed E-state index contributed by atoms with van der Waals surface area (Å²) in [6.07, 6.45) is 0. The standard InChI is InChI=1S/C2H4O2.C2H6O.CHCl3/c1-2(3)4;1-2-3;2-1(3)4/h1H3,(H,3,4);3H,2H2,1H3;1H. The van der Waals surface area contributed by atoms with Crippen molar-refractivity contribution < 1.29 is 15.0 Å². The maximum atomic E-state index is 9.00. The number of carboxylic acids is 1. The van der Waals surface area contributed by atoms with Crippen LogP contribution in [0.25, 0.3) is 0 Å². The lowest BCUT2D eigenvalue weighted by Crippen LogP contribution is -1.78. The van der Waals surface area contributed by atoms with E-state index in [4.69, 9.17) is 49.8 Å². The zero-order chi connectivity index (χ0) is 9.86. The van der Waals surface area contributed by atoms with Crippen LogP contribution in [0.3, 0.4) is 0 Å². The van der Waals surface area contributed by atoms with Crippen LogP contribution in [-0.4, -0.2) is 27.1 Å². The largest absolute Gasteiger partial charge is 0.481 e. The summed E-state index contributed by atoms with van der Waals surface area (Å²) in [5.41, 5.74) is 0. The lowest BCUT2D eigenvalue weighted by molar-refractivity contribution is -0.134. The number of aliphatic hydroxyl groups excluding tert-OH is 1. The van der Waals surface area contributed by atoms with Crippen LogP contribution in [-0.2, 0) is 4.79 Å². The third-order valence-corrected chi connectivity index (χ3v) is 0. The minimum absolute atomic E-state index is 0.250. The van der Waals surface area contributed by atoms with Crippen LogP contribution >= 0.6 is 34.8 Å². The molecule has 3 nitrogen and oxygen atoms in total. The Kier molecular flexibility index (Phi) is 26.4. The lowest BCUT2D eigenvalue weighted by atomic mass is 10.9. The molecule has 0 unspecified atom stereocenters. The molecule has 0 spiro atoms. The molecule has 2 N–H and O–H groups in total. The van der Waals surface area contributed by atoms with E-state index < -0.39 is 10.3 Å². The Morgan fingerprint density at radius 1 is 1.45 bits per heavy atom. The number of carbonyl (C=O) groups is 1. The SMILES string of the molecule is CC(=O)O.CCO.ClC(Cl)Cl. The van der Waals surface area contributed by atoms with Crippen LogP contribution in [0.5, 0.6) is 0 Å². The summed E-state index contributed by atoms with van der Waals surface area (Å²) in [5, 5.41) is 15.0. The Balaban J connectivity index is -0.0000000886. The summed E-state index contributed by atoms with van der Waals surface area (Å²) in [6.45, 7) is 3.01. The molecule has 11 heavy (non-hydrogen) atoms. The van der Waals surface area contributed by atoms with Crippen LogP contribution in [0.15, 0.2) is 0 Å². The molecule has 70 valence electrons. The van der Waals surface area contributed by atoms with Crippen LogP contribution in [0.2, 0.25) is 0 Å². The first-order chi connectivity index (χ1) is 4.88. The Hall–Kier alpha value is 0.300. The average molecular weight is 225 g/mol. The maximum absolute atomic E-state index is 9.00. The van der Waals surface area contributed by atoms with Crippen molar-refractivity contribution in [2.45, 2.75) is 18.1 Å². The molecule has 0 aromatic rings. The second-order valence-corrected chi connectivity index (χ2v) is 3.06. The Morgan fingerprint density at radius 3 is 1.45 bits per heavy atom. The highest BCUT2D eigenvalue weighted by atomic mass is 35.6. The summed E-state index contributed by atoms with van der Waals surface area (Å²) in [5.74, 6) is -0.833. The van der Waals surface area contributed by atoms with Gasteiger partial charge in [0.05, 0.1) is 0 Å². The second kappa shape index (κ2) is 16.7. The highest BCUT2D eigenvalue weighted by Crippen LogP contribution is 2.03. The Bertz CT molecular complexity index is 70.6. The fourth-order valence-corrected chi connectivity index (χ4v) is 0. The molecule has 0 fully saturated rings. The van der Waals surface area contributed by atoms with Crippen LogP contribution in [0, 0.1) is 0 Å². The monoisotopic (exact) mass is 224 g/mol. The van der Waals surface area contributed by atoms with Gasteiger partial charge in [-0.05, 0) is 6.92 Å². The van der Waals surface area contributed by atoms with Crippen molar-refractivity contribution in [1.29, 1.82) is 0 Å². The first-order valence-electron chi connectivity index (χ1n) is 2.61. The molecule has 0 atom stereocenters. The Labute approximate surface area is 80.9 Å². The molecule has 0 amide bonds. The van der Waals surface area contributed by atoms with E-state index in [1.54, 1.807) is 6.92 Å². The number of aliphatic hydroxyl groups is 1. The van der Waals surface area contributed by atoms with Gasteiger partial charge in [0.2, 0.25) is 0 Å².